The van der Waals surface area contributed by atoms with Gasteiger partial charge in [0.15, 0.2) is 0 Å². The Kier molecular flexibility index (Phi) is 1.97. The third-order valence-electron chi connectivity index (χ3n) is 1.65. The van der Waals surface area contributed by atoms with Gasteiger partial charge in [-0.2, -0.15) is 0 Å². The van der Waals surface area contributed by atoms with Gasteiger partial charge in [0.2, 0.25) is 0 Å². The summed E-state index contributed by atoms with van der Waals surface area (Å²) < 4.78 is 25.0. The highest BCUT2D eigenvalue weighted by atomic mass is 19.3. The summed E-state index contributed by atoms with van der Waals surface area (Å²) in [5.41, 5.74) is 0. The molecule has 3 nitrogen and oxygen atoms in total. The lowest BCUT2D eigenvalue weighted by Crippen LogP contribution is -2.44. The van der Waals surface area contributed by atoms with Crippen LogP contribution in [0.1, 0.15) is 12.8 Å². The predicted octanol–water partition coefficient (Wildman–Crippen LogP) is 1.27. The summed E-state index contributed by atoms with van der Waals surface area (Å²) in [5.74, 6) is -2.86. The van der Waals surface area contributed by atoms with Gasteiger partial charge in [-0.05, 0) is 6.42 Å². The molecule has 0 N–H and O–H groups in total. The zero-order valence-electron chi connectivity index (χ0n) is 5.85. The van der Waals surface area contributed by atoms with Crippen molar-refractivity contribution in [1.82, 2.24) is 4.90 Å². The molecule has 1 heterocycles. The van der Waals surface area contributed by atoms with Crippen LogP contribution < -0.4 is 0 Å². The summed E-state index contributed by atoms with van der Waals surface area (Å²) in [4.78, 5) is 10.8. The van der Waals surface area contributed by atoms with E-state index in [0.29, 0.717) is 4.90 Å². The van der Waals surface area contributed by atoms with E-state index in [9.17, 15) is 18.7 Å². The number of alkyl halides is 2. The number of piperidine rings is 1. The monoisotopic (exact) mass is 164 g/mol. The second kappa shape index (κ2) is 2.64. The average molecular weight is 164 g/mol. The Bertz CT molecular complexity index is 172. The molecule has 1 rings (SSSR count). The van der Waals surface area contributed by atoms with Crippen LogP contribution in [0.25, 0.3) is 0 Å². The van der Waals surface area contributed by atoms with Crippen molar-refractivity contribution in [3.05, 3.63) is 0 Å². The van der Waals surface area contributed by atoms with Crippen LogP contribution in [0.3, 0.4) is 0 Å². The van der Waals surface area contributed by atoms with E-state index in [4.69, 9.17) is 0 Å². The van der Waals surface area contributed by atoms with E-state index < -0.39 is 18.6 Å². The van der Waals surface area contributed by atoms with Crippen LogP contribution in [0.15, 0.2) is 0 Å². The third-order valence-corrected chi connectivity index (χ3v) is 1.65. The van der Waals surface area contributed by atoms with Crippen molar-refractivity contribution in [2.75, 3.05) is 13.1 Å². The SMILES string of the molecule is [O]C(=O)N1CCCC(F)(F)C1. The maximum atomic E-state index is 12.5. The normalized spacial score (nSPS) is 23.3. The standard InChI is InChI=1S/C6H8F2NO2/c7-6(8)2-1-3-9(4-6)5(10)11/h1-4H2. The smallest absolute Gasteiger partial charge is 0.299 e. The Hall–Kier alpha value is -0.870. The number of likely N-dealkylation sites (tertiary alicyclic amines) is 1. The molecule has 0 atom stereocenters. The molecule has 0 spiro atoms. The van der Waals surface area contributed by atoms with Gasteiger partial charge in [0.25, 0.3) is 5.92 Å². The highest BCUT2D eigenvalue weighted by Crippen LogP contribution is 2.26. The minimum absolute atomic E-state index is 0.165. The molecule has 1 aliphatic heterocycles. The van der Waals surface area contributed by atoms with Crippen LogP contribution in [0.4, 0.5) is 13.6 Å². The van der Waals surface area contributed by atoms with Gasteiger partial charge in [0, 0.05) is 13.0 Å². The van der Waals surface area contributed by atoms with E-state index in [0.717, 1.165) is 0 Å². The molecular formula is C6H8F2NO2. The van der Waals surface area contributed by atoms with Crippen molar-refractivity contribution >= 4 is 6.09 Å². The van der Waals surface area contributed by atoms with Gasteiger partial charge in [-0.25, -0.2) is 18.7 Å². The lowest BCUT2D eigenvalue weighted by molar-refractivity contribution is -0.0599. The third kappa shape index (κ3) is 2.03. The summed E-state index contributed by atoms with van der Waals surface area (Å²) in [6, 6.07) is 0. The van der Waals surface area contributed by atoms with E-state index >= 15 is 0 Å². The molecular weight excluding hydrogens is 156 g/mol. The largest absolute Gasteiger partial charge is 0.453 e. The summed E-state index contributed by atoms with van der Waals surface area (Å²) in [6.07, 6.45) is -1.53. The topological polar surface area (TPSA) is 40.2 Å². The summed E-state index contributed by atoms with van der Waals surface area (Å²) in [6.45, 7) is -0.548. The summed E-state index contributed by atoms with van der Waals surface area (Å²) in [7, 11) is 0. The molecule has 63 valence electrons. The first-order valence-corrected chi connectivity index (χ1v) is 3.35. The number of halogens is 2. The number of nitrogens with zero attached hydrogens (tertiary/aromatic N) is 1. The van der Waals surface area contributed by atoms with E-state index in [2.05, 4.69) is 0 Å². The number of hydrogen-bond donors (Lipinski definition) is 0. The molecule has 1 amide bonds. The summed E-state index contributed by atoms with van der Waals surface area (Å²) in [5, 5.41) is 10.1. The van der Waals surface area contributed by atoms with Crippen LogP contribution in [0.2, 0.25) is 0 Å². The van der Waals surface area contributed by atoms with E-state index in [1.165, 1.54) is 0 Å². The molecule has 0 aromatic heterocycles. The number of carbonyl (C=O) groups is 1. The molecule has 0 aromatic rings. The Balaban J connectivity index is 2.53. The van der Waals surface area contributed by atoms with Crippen molar-refractivity contribution < 1.29 is 18.7 Å². The van der Waals surface area contributed by atoms with E-state index in [1.54, 1.807) is 0 Å². The van der Waals surface area contributed by atoms with Gasteiger partial charge < -0.3 is 0 Å². The van der Waals surface area contributed by atoms with Crippen molar-refractivity contribution in [2.24, 2.45) is 0 Å². The highest BCUT2D eigenvalue weighted by Gasteiger charge is 2.37. The molecule has 5 heteroatoms. The van der Waals surface area contributed by atoms with Gasteiger partial charge in [-0.3, -0.25) is 4.90 Å². The first-order valence-electron chi connectivity index (χ1n) is 3.35. The van der Waals surface area contributed by atoms with Gasteiger partial charge in [0.05, 0.1) is 6.54 Å². The highest BCUT2D eigenvalue weighted by molar-refractivity contribution is 5.64. The summed E-state index contributed by atoms with van der Waals surface area (Å²) >= 11 is 0. The molecule has 11 heavy (non-hydrogen) atoms. The van der Waals surface area contributed by atoms with Crippen LogP contribution in [0.5, 0.6) is 0 Å². The van der Waals surface area contributed by atoms with Crippen LogP contribution >= 0.6 is 0 Å². The van der Waals surface area contributed by atoms with Crippen molar-refractivity contribution in [2.45, 2.75) is 18.8 Å². The molecule has 1 aliphatic rings. The second-order valence-electron chi connectivity index (χ2n) is 2.65. The first kappa shape index (κ1) is 8.23. The maximum absolute atomic E-state index is 12.5. The van der Waals surface area contributed by atoms with Gasteiger partial charge >= 0.3 is 6.09 Å². The molecule has 0 unspecified atom stereocenters. The van der Waals surface area contributed by atoms with Gasteiger partial charge in [-0.1, -0.05) is 0 Å². The van der Waals surface area contributed by atoms with Gasteiger partial charge in [-0.15, -0.1) is 0 Å². The Morgan fingerprint density at radius 1 is 1.45 bits per heavy atom. The van der Waals surface area contributed by atoms with E-state index in [1.807, 2.05) is 0 Å². The zero-order chi connectivity index (χ0) is 8.48. The number of carbonyl (C=O) groups excluding carboxylic acids is 1. The molecule has 1 saturated heterocycles. The van der Waals surface area contributed by atoms with Crippen LogP contribution in [-0.4, -0.2) is 30.0 Å². The van der Waals surface area contributed by atoms with Crippen molar-refractivity contribution in [3.63, 3.8) is 0 Å². The van der Waals surface area contributed by atoms with Crippen LogP contribution in [0, 0.1) is 0 Å². The molecule has 1 radical (unpaired) electrons. The minimum atomic E-state index is -2.86. The quantitative estimate of drug-likeness (QED) is 0.531. The maximum Gasteiger partial charge on any atom is 0.453 e. The first-order chi connectivity index (χ1) is 5.01. The predicted molar refractivity (Wildman–Crippen MR) is 31.8 cm³/mol. The Labute approximate surface area is 62.6 Å². The molecule has 0 saturated carbocycles. The fraction of sp³-hybridized carbons (Fsp3) is 0.833. The molecule has 0 bridgehead atoms. The minimum Gasteiger partial charge on any atom is -0.299 e. The number of amides is 1. The lowest BCUT2D eigenvalue weighted by atomic mass is 10.1. The molecule has 1 fully saturated rings. The second-order valence-corrected chi connectivity index (χ2v) is 2.65. The average Bonchev–Trinajstić information content (AvgIpc) is 1.85. The Morgan fingerprint density at radius 3 is 2.45 bits per heavy atom. The fourth-order valence-corrected chi connectivity index (χ4v) is 1.12. The van der Waals surface area contributed by atoms with Crippen molar-refractivity contribution in [1.29, 1.82) is 0 Å². The molecule has 0 aromatic carbocycles. The van der Waals surface area contributed by atoms with Crippen LogP contribution in [-0.2, 0) is 5.11 Å². The van der Waals surface area contributed by atoms with Crippen molar-refractivity contribution in [3.8, 4) is 0 Å². The zero-order valence-corrected chi connectivity index (χ0v) is 5.85. The van der Waals surface area contributed by atoms with E-state index in [-0.39, 0.29) is 19.4 Å². The number of hydrogen-bond acceptors (Lipinski definition) is 1. The number of rotatable bonds is 0. The Morgan fingerprint density at radius 2 is 2.09 bits per heavy atom. The lowest BCUT2D eigenvalue weighted by Gasteiger charge is -2.29. The molecule has 0 aliphatic carbocycles. The van der Waals surface area contributed by atoms with Gasteiger partial charge in [0.1, 0.15) is 0 Å². The fourth-order valence-electron chi connectivity index (χ4n) is 1.12.